The molecule has 0 saturated heterocycles. The normalized spacial score (nSPS) is 12.7. The van der Waals surface area contributed by atoms with E-state index in [0.717, 1.165) is 0 Å². The number of aromatic nitrogens is 1. The average Bonchev–Trinajstić information content (AvgIpc) is 3.33. The van der Waals surface area contributed by atoms with Crippen molar-refractivity contribution in [2.75, 3.05) is 0 Å². The van der Waals surface area contributed by atoms with Gasteiger partial charge in [0.05, 0.1) is 18.4 Å². The number of carboxylic acid groups (broad SMARTS) is 1. The highest BCUT2D eigenvalue weighted by Crippen LogP contribution is 2.36. The molecule has 0 saturated carbocycles. The Bertz CT molecular complexity index is 1520. The van der Waals surface area contributed by atoms with E-state index in [9.17, 15) is 27.9 Å². The molecule has 2 N–H and O–H groups in total. The number of carbonyl (C=O) groups is 2. The molecule has 1 unspecified atom stereocenters. The number of carbonyl (C=O) groups excluding carboxylic acids is 1. The Labute approximate surface area is 227 Å². The maximum atomic E-state index is 14.0. The van der Waals surface area contributed by atoms with E-state index in [1.54, 1.807) is 57.2 Å². The standard InChI is InChI=1S/C29H27F3N2O6/c1-28(2,3)40-27(37)34-26(29(30,31)32)22-14-18(8-10-33-22)21-13-17(12-20-9-11-38-25(20)21)16-39-23-7-5-4-6-19(23)15-24(35)36/h4-14,26H,15-16H2,1-3H3,(H,34,37)(H,35,36). The molecule has 0 aliphatic rings. The number of pyridine rings is 1. The number of hydrogen-bond donors (Lipinski definition) is 2. The second kappa shape index (κ2) is 11.3. The summed E-state index contributed by atoms with van der Waals surface area (Å²) in [5.74, 6) is -0.587. The third-order valence-electron chi connectivity index (χ3n) is 5.70. The highest BCUT2D eigenvalue weighted by atomic mass is 19.4. The van der Waals surface area contributed by atoms with E-state index in [4.69, 9.17) is 13.9 Å². The molecule has 1 amide bonds. The van der Waals surface area contributed by atoms with E-state index >= 15 is 0 Å². The van der Waals surface area contributed by atoms with Crippen LogP contribution in [0.5, 0.6) is 5.75 Å². The van der Waals surface area contributed by atoms with Crippen molar-refractivity contribution in [2.45, 2.75) is 51.6 Å². The molecule has 0 bridgehead atoms. The number of ether oxygens (including phenoxy) is 2. The lowest BCUT2D eigenvalue weighted by atomic mass is 9.99. The number of nitrogens with zero attached hydrogens (tertiary/aromatic N) is 1. The minimum absolute atomic E-state index is 0.0636. The number of furan rings is 1. The number of carboxylic acids is 1. The lowest BCUT2D eigenvalue weighted by molar-refractivity contribution is -0.157. The summed E-state index contributed by atoms with van der Waals surface area (Å²) in [4.78, 5) is 27.3. The van der Waals surface area contributed by atoms with Gasteiger partial charge in [-0.15, -0.1) is 0 Å². The molecule has 2 heterocycles. The molecule has 4 aromatic rings. The number of fused-ring (bicyclic) bond motifs is 1. The first-order chi connectivity index (χ1) is 18.8. The Hall–Kier alpha value is -4.54. The molecule has 0 radical (unpaired) electrons. The van der Waals surface area contributed by atoms with Gasteiger partial charge in [0, 0.05) is 22.7 Å². The molecular formula is C29H27F3N2O6. The Kier molecular flexibility index (Phi) is 8.03. The van der Waals surface area contributed by atoms with Crippen LogP contribution < -0.4 is 10.1 Å². The van der Waals surface area contributed by atoms with Gasteiger partial charge in [0.2, 0.25) is 0 Å². The zero-order valence-electron chi connectivity index (χ0n) is 21.9. The summed E-state index contributed by atoms with van der Waals surface area (Å²) in [6.07, 6.45) is -3.59. The lowest BCUT2D eigenvalue weighted by Crippen LogP contribution is -2.41. The van der Waals surface area contributed by atoms with E-state index in [2.05, 4.69) is 4.98 Å². The Balaban J connectivity index is 1.66. The number of alkyl carbamates (subject to hydrolysis) is 1. The summed E-state index contributed by atoms with van der Waals surface area (Å²) in [6, 6.07) is 12.4. The average molecular weight is 557 g/mol. The minimum Gasteiger partial charge on any atom is -0.489 e. The van der Waals surface area contributed by atoms with Crippen molar-refractivity contribution in [1.82, 2.24) is 10.3 Å². The zero-order chi connectivity index (χ0) is 29.1. The summed E-state index contributed by atoms with van der Waals surface area (Å²) in [5, 5.41) is 11.7. The molecule has 0 spiro atoms. The van der Waals surface area contributed by atoms with E-state index in [0.29, 0.717) is 39.0 Å². The number of rotatable bonds is 8. The number of hydrogen-bond acceptors (Lipinski definition) is 6. The van der Waals surface area contributed by atoms with Gasteiger partial charge in [0.1, 0.15) is 23.5 Å². The Morgan fingerprint density at radius 1 is 1.07 bits per heavy atom. The van der Waals surface area contributed by atoms with Crippen molar-refractivity contribution in [3.63, 3.8) is 0 Å². The third kappa shape index (κ3) is 7.10. The molecule has 8 nitrogen and oxygen atoms in total. The van der Waals surface area contributed by atoms with Crippen molar-refractivity contribution >= 4 is 23.0 Å². The SMILES string of the molecule is CC(C)(C)OC(=O)NC(c1cc(-c2cc(COc3ccccc3CC(=O)O)cc3ccoc23)ccn1)C(F)(F)F. The minimum atomic E-state index is -4.85. The zero-order valence-corrected chi connectivity index (χ0v) is 21.9. The summed E-state index contributed by atoms with van der Waals surface area (Å²) >= 11 is 0. The smallest absolute Gasteiger partial charge is 0.414 e. The van der Waals surface area contributed by atoms with Crippen LogP contribution in [0.2, 0.25) is 0 Å². The monoisotopic (exact) mass is 556 g/mol. The van der Waals surface area contributed by atoms with Crippen LogP contribution >= 0.6 is 0 Å². The van der Waals surface area contributed by atoms with Crippen molar-refractivity contribution in [2.24, 2.45) is 0 Å². The number of alkyl halides is 3. The number of nitrogens with one attached hydrogen (secondary N) is 1. The van der Waals surface area contributed by atoms with Crippen LogP contribution in [0.3, 0.4) is 0 Å². The largest absolute Gasteiger partial charge is 0.489 e. The highest BCUT2D eigenvalue weighted by Gasteiger charge is 2.43. The van der Waals surface area contributed by atoms with Crippen LogP contribution in [0.15, 0.2) is 71.5 Å². The summed E-state index contributed by atoms with van der Waals surface area (Å²) in [5.41, 5.74) is 1.06. The summed E-state index contributed by atoms with van der Waals surface area (Å²) in [6.45, 7) is 4.70. The van der Waals surface area contributed by atoms with E-state index in [1.165, 1.54) is 24.6 Å². The molecule has 40 heavy (non-hydrogen) atoms. The molecule has 1 atom stereocenters. The fraction of sp³-hybridized carbons (Fsp3) is 0.276. The van der Waals surface area contributed by atoms with Gasteiger partial charge in [-0.2, -0.15) is 13.2 Å². The maximum absolute atomic E-state index is 14.0. The topological polar surface area (TPSA) is 111 Å². The van der Waals surface area contributed by atoms with E-state index in [1.807, 2.05) is 11.4 Å². The molecule has 2 aromatic carbocycles. The number of halogens is 3. The van der Waals surface area contributed by atoms with Crippen molar-refractivity contribution in [1.29, 1.82) is 0 Å². The number of amides is 1. The van der Waals surface area contributed by atoms with Gasteiger partial charge in [-0.3, -0.25) is 9.78 Å². The molecule has 11 heteroatoms. The molecule has 2 aromatic heterocycles. The quantitative estimate of drug-likeness (QED) is 0.245. The number of aliphatic carboxylic acids is 1. The first-order valence-corrected chi connectivity index (χ1v) is 12.3. The molecular weight excluding hydrogens is 529 g/mol. The number of benzene rings is 2. The van der Waals surface area contributed by atoms with Crippen LogP contribution in [-0.4, -0.2) is 33.9 Å². The lowest BCUT2D eigenvalue weighted by Gasteiger charge is -2.25. The van der Waals surface area contributed by atoms with Crippen LogP contribution in [-0.2, 0) is 22.6 Å². The highest BCUT2D eigenvalue weighted by molar-refractivity contribution is 5.93. The van der Waals surface area contributed by atoms with Crippen molar-refractivity contribution in [3.8, 4) is 16.9 Å². The first kappa shape index (κ1) is 28.5. The van der Waals surface area contributed by atoms with Gasteiger partial charge in [0.15, 0.2) is 6.04 Å². The Morgan fingerprint density at radius 2 is 1.82 bits per heavy atom. The molecule has 210 valence electrons. The summed E-state index contributed by atoms with van der Waals surface area (Å²) in [7, 11) is 0. The fourth-order valence-corrected chi connectivity index (χ4v) is 4.08. The number of para-hydroxylation sites is 1. The Morgan fingerprint density at radius 3 is 2.52 bits per heavy atom. The van der Waals surface area contributed by atoms with Gasteiger partial charge < -0.3 is 24.3 Å². The third-order valence-corrected chi connectivity index (χ3v) is 5.70. The fourth-order valence-electron chi connectivity index (χ4n) is 4.08. The van der Waals surface area contributed by atoms with Gasteiger partial charge >= 0.3 is 18.2 Å². The van der Waals surface area contributed by atoms with Gasteiger partial charge in [-0.05, 0) is 68.3 Å². The molecule has 0 aliphatic heterocycles. The predicted molar refractivity (Wildman–Crippen MR) is 140 cm³/mol. The second-order valence-electron chi connectivity index (χ2n) is 10.0. The van der Waals surface area contributed by atoms with Crippen LogP contribution in [0.1, 0.15) is 43.6 Å². The van der Waals surface area contributed by atoms with E-state index in [-0.39, 0.29) is 13.0 Å². The van der Waals surface area contributed by atoms with Crippen LogP contribution in [0, 0.1) is 0 Å². The van der Waals surface area contributed by atoms with Gasteiger partial charge in [-0.25, -0.2) is 4.79 Å². The van der Waals surface area contributed by atoms with Gasteiger partial charge in [0.25, 0.3) is 0 Å². The van der Waals surface area contributed by atoms with Crippen molar-refractivity contribution in [3.05, 3.63) is 83.9 Å². The second-order valence-corrected chi connectivity index (χ2v) is 10.0. The molecule has 0 aliphatic carbocycles. The van der Waals surface area contributed by atoms with Crippen LogP contribution in [0.4, 0.5) is 18.0 Å². The molecule has 0 fully saturated rings. The molecule has 4 rings (SSSR count). The summed E-state index contributed by atoms with van der Waals surface area (Å²) < 4.78 is 58.5. The van der Waals surface area contributed by atoms with Gasteiger partial charge in [-0.1, -0.05) is 18.2 Å². The first-order valence-electron chi connectivity index (χ1n) is 12.3. The predicted octanol–water partition coefficient (Wildman–Crippen LogP) is 6.83. The van der Waals surface area contributed by atoms with Crippen molar-refractivity contribution < 1.29 is 41.8 Å². The van der Waals surface area contributed by atoms with Crippen LogP contribution in [0.25, 0.3) is 22.1 Å². The maximum Gasteiger partial charge on any atom is 0.414 e. The van der Waals surface area contributed by atoms with E-state index < -0.39 is 35.6 Å².